The van der Waals surface area contributed by atoms with Gasteiger partial charge < -0.3 is 29.9 Å². The van der Waals surface area contributed by atoms with Crippen LogP contribution in [0.15, 0.2) is 34.1 Å². The van der Waals surface area contributed by atoms with E-state index in [0.717, 1.165) is 21.8 Å². The van der Waals surface area contributed by atoms with Gasteiger partial charge in [-0.2, -0.15) is 0 Å². The van der Waals surface area contributed by atoms with Crippen LogP contribution in [-0.2, 0) is 21.7 Å². The molecule has 0 saturated heterocycles. The minimum Gasteiger partial charge on any atom is -0.496 e. The Morgan fingerprint density at radius 3 is 1.23 bits per heavy atom. The predicted octanol–water partition coefficient (Wildman–Crippen LogP) is 8.60. The molecule has 0 fully saturated rings. The average molecular weight is 693 g/mol. The molecule has 6 nitrogen and oxygen atoms in total. The van der Waals surface area contributed by atoms with E-state index in [1.54, 1.807) is 14.0 Å². The van der Waals surface area contributed by atoms with Gasteiger partial charge in [0, 0.05) is 44.6 Å². The molecule has 47 heavy (non-hydrogen) atoms. The summed E-state index contributed by atoms with van der Waals surface area (Å²) >= 11 is 3.66. The molecule has 0 amide bonds. The third-order valence-electron chi connectivity index (χ3n) is 8.30. The molecule has 4 atom stereocenters. The van der Waals surface area contributed by atoms with Gasteiger partial charge in [-0.25, -0.2) is 0 Å². The van der Waals surface area contributed by atoms with Gasteiger partial charge in [0.25, 0.3) is 0 Å². The van der Waals surface area contributed by atoms with Crippen molar-refractivity contribution in [2.75, 3.05) is 20.3 Å². The highest BCUT2D eigenvalue weighted by Crippen LogP contribution is 2.51. The van der Waals surface area contributed by atoms with E-state index in [9.17, 15) is 20.4 Å². The smallest absolute Gasteiger partial charge is 0.126 e. The second kappa shape index (κ2) is 15.2. The number of methoxy groups -OCH3 is 1. The molecule has 2 rings (SSSR count). The molecular weight excluding hydrogens is 629 g/mol. The molecule has 0 saturated carbocycles. The zero-order chi connectivity index (χ0) is 36.5. The lowest BCUT2D eigenvalue weighted by atomic mass is 9.79. The first-order valence-electron chi connectivity index (χ1n) is 16.7. The third-order valence-corrected chi connectivity index (χ3v) is 10.7. The molecule has 0 aliphatic heterocycles. The van der Waals surface area contributed by atoms with Crippen LogP contribution >= 0.6 is 23.5 Å². The van der Waals surface area contributed by atoms with Crippen molar-refractivity contribution in [2.24, 2.45) is 5.92 Å². The van der Waals surface area contributed by atoms with Gasteiger partial charge in [-0.3, -0.25) is 0 Å². The maximum atomic E-state index is 10.8. The normalized spacial score (nSPS) is 16.1. The molecule has 2 aromatic rings. The van der Waals surface area contributed by atoms with Gasteiger partial charge in [0.2, 0.25) is 0 Å². The summed E-state index contributed by atoms with van der Waals surface area (Å²) in [5, 5.41) is 41.1. The summed E-state index contributed by atoms with van der Waals surface area (Å²) < 4.78 is 12.1. The summed E-state index contributed by atoms with van der Waals surface area (Å²) in [5.74, 6) is 1.08. The molecule has 8 heteroatoms. The van der Waals surface area contributed by atoms with Crippen molar-refractivity contribution >= 4 is 23.5 Å². The van der Waals surface area contributed by atoms with Gasteiger partial charge in [-0.15, -0.1) is 23.5 Å². The van der Waals surface area contributed by atoms with Crippen LogP contribution in [0.1, 0.15) is 126 Å². The van der Waals surface area contributed by atoms with E-state index < -0.39 is 24.2 Å². The van der Waals surface area contributed by atoms with Crippen LogP contribution < -0.4 is 9.47 Å². The maximum absolute atomic E-state index is 10.8. The summed E-state index contributed by atoms with van der Waals surface area (Å²) in [5.41, 5.74) is 3.69. The molecule has 0 bridgehead atoms. The molecule has 0 aromatic heterocycles. The fourth-order valence-corrected chi connectivity index (χ4v) is 8.04. The summed E-state index contributed by atoms with van der Waals surface area (Å²) in [4.78, 5) is 2.33. The molecular formula is C39H64O6S2. The van der Waals surface area contributed by atoms with Gasteiger partial charge in [0.1, 0.15) is 30.3 Å². The SMILES string of the molecule is COc1c(C(C)(C)C)cc(SC(C)(C)Sc2cc(C(C)(C)C)c(OC[C@@H](O)[C@@H](O)[C@H](O)[C@@H](C)CO)c(C(C)(C)C)c2)cc1C(C)(C)C. The summed E-state index contributed by atoms with van der Waals surface area (Å²) in [6.07, 6.45) is -4.05. The highest BCUT2D eigenvalue weighted by Gasteiger charge is 2.34. The highest BCUT2D eigenvalue weighted by molar-refractivity contribution is 8.18. The van der Waals surface area contributed by atoms with Crippen LogP contribution in [-0.4, -0.2) is 63.1 Å². The lowest BCUT2D eigenvalue weighted by molar-refractivity contribution is -0.0953. The van der Waals surface area contributed by atoms with E-state index in [0.29, 0.717) is 5.75 Å². The number of aliphatic hydroxyl groups excluding tert-OH is 4. The Balaban J connectivity index is 2.58. The van der Waals surface area contributed by atoms with E-state index in [1.807, 2.05) is 23.5 Å². The summed E-state index contributed by atoms with van der Waals surface area (Å²) in [6.45, 7) is 31.9. The van der Waals surface area contributed by atoms with Crippen molar-refractivity contribution < 1.29 is 29.9 Å². The zero-order valence-electron chi connectivity index (χ0n) is 32.0. The Morgan fingerprint density at radius 1 is 0.596 bits per heavy atom. The zero-order valence-corrected chi connectivity index (χ0v) is 33.6. The highest BCUT2D eigenvalue weighted by atomic mass is 32.2. The minimum atomic E-state index is -1.45. The quantitative estimate of drug-likeness (QED) is 0.130. The van der Waals surface area contributed by atoms with Crippen LogP contribution in [0.25, 0.3) is 0 Å². The maximum Gasteiger partial charge on any atom is 0.126 e. The number of rotatable bonds is 12. The van der Waals surface area contributed by atoms with Crippen molar-refractivity contribution in [1.82, 2.24) is 0 Å². The Bertz CT molecular complexity index is 1270. The molecule has 0 heterocycles. The molecule has 0 aliphatic carbocycles. The van der Waals surface area contributed by atoms with Crippen LogP contribution in [0.5, 0.6) is 11.5 Å². The van der Waals surface area contributed by atoms with E-state index in [2.05, 4.69) is 121 Å². The number of ether oxygens (including phenoxy) is 2. The van der Waals surface area contributed by atoms with Gasteiger partial charge in [0.05, 0.1) is 17.3 Å². The van der Waals surface area contributed by atoms with Gasteiger partial charge >= 0.3 is 0 Å². The van der Waals surface area contributed by atoms with Crippen molar-refractivity contribution in [2.45, 2.75) is 158 Å². The predicted molar refractivity (Wildman–Crippen MR) is 200 cm³/mol. The van der Waals surface area contributed by atoms with Crippen molar-refractivity contribution in [3.8, 4) is 11.5 Å². The average Bonchev–Trinajstić information content (AvgIpc) is 2.91. The minimum absolute atomic E-state index is 0.0863. The van der Waals surface area contributed by atoms with Gasteiger partial charge in [-0.05, 0) is 59.8 Å². The fourth-order valence-electron chi connectivity index (χ4n) is 5.45. The molecule has 0 spiro atoms. The Hall–Kier alpha value is -1.42. The van der Waals surface area contributed by atoms with E-state index >= 15 is 0 Å². The molecule has 0 radical (unpaired) electrons. The Kier molecular flexibility index (Phi) is 13.5. The Labute approximate surface area is 294 Å². The first-order chi connectivity index (χ1) is 21.1. The molecule has 268 valence electrons. The van der Waals surface area contributed by atoms with Crippen LogP contribution in [0.4, 0.5) is 0 Å². The largest absolute Gasteiger partial charge is 0.496 e. The first-order valence-corrected chi connectivity index (χ1v) is 18.3. The van der Waals surface area contributed by atoms with Crippen LogP contribution in [0, 0.1) is 5.92 Å². The number of benzene rings is 2. The van der Waals surface area contributed by atoms with Crippen molar-refractivity contribution in [1.29, 1.82) is 0 Å². The first kappa shape index (κ1) is 41.7. The standard InChI is InChI=1S/C39H64O6S2/c1-23(21-40)31(42)32(43)30(41)22-45-34-28(37(8,9)10)19-25(20-29(34)38(11,12)13)47-39(14,15)46-24-17-26(35(2,3)4)33(44-16)27(18-24)36(5,6)7/h17-20,23,30-32,40-43H,21-22H2,1-16H3/t23-,30+,31+,32+/m0/s1. The van der Waals surface area contributed by atoms with E-state index in [1.165, 1.54) is 16.0 Å². The van der Waals surface area contributed by atoms with Gasteiger partial charge in [-0.1, -0.05) is 90.0 Å². The number of hydrogen-bond acceptors (Lipinski definition) is 8. The second-order valence-corrected chi connectivity index (χ2v) is 21.2. The number of thioether (sulfide) groups is 2. The lowest BCUT2D eigenvalue weighted by Crippen LogP contribution is -2.44. The number of hydrogen-bond donors (Lipinski definition) is 4. The monoisotopic (exact) mass is 692 g/mol. The molecule has 4 N–H and O–H groups in total. The van der Waals surface area contributed by atoms with Crippen LogP contribution in [0.2, 0.25) is 0 Å². The van der Waals surface area contributed by atoms with Crippen molar-refractivity contribution in [3.05, 3.63) is 46.5 Å². The Morgan fingerprint density at radius 2 is 0.936 bits per heavy atom. The lowest BCUT2D eigenvalue weighted by Gasteiger charge is -2.33. The summed E-state index contributed by atoms with van der Waals surface area (Å²) in [6, 6.07) is 8.96. The van der Waals surface area contributed by atoms with E-state index in [-0.39, 0.29) is 39.0 Å². The molecule has 0 unspecified atom stereocenters. The van der Waals surface area contributed by atoms with Crippen LogP contribution in [0.3, 0.4) is 0 Å². The van der Waals surface area contributed by atoms with Crippen molar-refractivity contribution in [3.63, 3.8) is 0 Å². The second-order valence-electron chi connectivity index (χ2n) is 17.5. The fraction of sp³-hybridized carbons (Fsp3) is 0.692. The summed E-state index contributed by atoms with van der Waals surface area (Å²) in [7, 11) is 1.77. The molecule has 2 aromatic carbocycles. The molecule has 0 aliphatic rings. The van der Waals surface area contributed by atoms with E-state index in [4.69, 9.17) is 9.47 Å². The third kappa shape index (κ3) is 11.0. The number of aliphatic hydroxyl groups is 4. The van der Waals surface area contributed by atoms with Gasteiger partial charge in [0.15, 0.2) is 0 Å². The topological polar surface area (TPSA) is 99.4 Å².